The molecule has 0 saturated carbocycles. The van der Waals surface area contributed by atoms with Crippen LogP contribution in [0.25, 0.3) is 0 Å². The molecule has 2 heterocycles. The van der Waals surface area contributed by atoms with E-state index in [4.69, 9.17) is 4.74 Å². The lowest BCUT2D eigenvalue weighted by Gasteiger charge is -2.06. The van der Waals surface area contributed by atoms with Crippen molar-refractivity contribution >= 4 is 11.9 Å². The Morgan fingerprint density at radius 1 is 1.47 bits per heavy atom. The van der Waals surface area contributed by atoms with Crippen molar-refractivity contribution in [2.45, 2.75) is 20.4 Å². The summed E-state index contributed by atoms with van der Waals surface area (Å²) in [5, 5.41) is 6.57. The molecule has 19 heavy (non-hydrogen) atoms. The number of nitrogens with one attached hydrogen (secondary N) is 1. The Morgan fingerprint density at radius 3 is 2.95 bits per heavy atom. The number of carbonyl (C=O) groups is 1. The van der Waals surface area contributed by atoms with Crippen LogP contribution in [0.5, 0.6) is 0 Å². The minimum Gasteiger partial charge on any atom is -0.462 e. The molecule has 8 heteroatoms. The number of aryl methyl sites for hydroxylation is 1. The van der Waals surface area contributed by atoms with E-state index in [1.807, 2.05) is 0 Å². The minimum absolute atomic E-state index is 0.316. The van der Waals surface area contributed by atoms with E-state index in [0.717, 1.165) is 0 Å². The van der Waals surface area contributed by atoms with Gasteiger partial charge in [0.1, 0.15) is 0 Å². The molecule has 0 radical (unpaired) electrons. The van der Waals surface area contributed by atoms with E-state index in [9.17, 15) is 4.79 Å². The number of esters is 1. The van der Waals surface area contributed by atoms with Gasteiger partial charge in [-0.25, -0.2) is 14.8 Å². The van der Waals surface area contributed by atoms with Gasteiger partial charge in [0, 0.05) is 6.20 Å². The van der Waals surface area contributed by atoms with Gasteiger partial charge in [-0.05, 0) is 13.8 Å². The van der Waals surface area contributed by atoms with Crippen LogP contribution in [0, 0.1) is 6.92 Å². The molecule has 0 saturated heterocycles. The summed E-state index contributed by atoms with van der Waals surface area (Å²) in [4.78, 5) is 23.6. The van der Waals surface area contributed by atoms with Crippen molar-refractivity contribution in [3.63, 3.8) is 0 Å². The number of rotatable bonds is 5. The molecule has 0 amide bonds. The predicted molar refractivity (Wildman–Crippen MR) is 64.4 cm³/mol. The van der Waals surface area contributed by atoms with Crippen molar-refractivity contribution in [1.82, 2.24) is 20.1 Å². The van der Waals surface area contributed by atoms with Crippen molar-refractivity contribution in [3.8, 4) is 0 Å². The molecular formula is C11H13N5O3. The topological polar surface area (TPSA) is 103 Å². The molecule has 2 aromatic rings. The predicted octanol–water partition coefficient (Wildman–Crippen LogP) is 0.957. The largest absolute Gasteiger partial charge is 0.462 e. The third-order valence-electron chi connectivity index (χ3n) is 2.29. The van der Waals surface area contributed by atoms with Crippen LogP contribution in [0.4, 0.5) is 5.95 Å². The second-order valence-electron chi connectivity index (χ2n) is 3.61. The minimum atomic E-state index is -0.426. The van der Waals surface area contributed by atoms with Gasteiger partial charge in [0.15, 0.2) is 5.82 Å². The summed E-state index contributed by atoms with van der Waals surface area (Å²) >= 11 is 0. The van der Waals surface area contributed by atoms with Crippen molar-refractivity contribution in [2.24, 2.45) is 0 Å². The zero-order valence-electron chi connectivity index (χ0n) is 10.6. The average molecular weight is 263 g/mol. The molecule has 0 aliphatic carbocycles. The Bertz CT molecular complexity index is 555. The first-order valence-electron chi connectivity index (χ1n) is 5.70. The van der Waals surface area contributed by atoms with Gasteiger partial charge in [0.25, 0.3) is 0 Å². The maximum Gasteiger partial charge on any atom is 0.341 e. The van der Waals surface area contributed by atoms with E-state index in [1.54, 1.807) is 13.8 Å². The maximum atomic E-state index is 11.6. The van der Waals surface area contributed by atoms with Crippen LogP contribution in [-0.4, -0.2) is 32.7 Å². The molecule has 0 unspecified atom stereocenters. The Balaban J connectivity index is 2.04. The fraction of sp³-hybridized carbons (Fsp3) is 0.364. The number of anilines is 1. The van der Waals surface area contributed by atoms with Crippen LogP contribution in [0.1, 0.15) is 28.8 Å². The van der Waals surface area contributed by atoms with Crippen molar-refractivity contribution in [2.75, 3.05) is 11.9 Å². The summed E-state index contributed by atoms with van der Waals surface area (Å²) in [6, 6.07) is 0. The van der Waals surface area contributed by atoms with Crippen LogP contribution in [0.2, 0.25) is 0 Å². The normalized spacial score (nSPS) is 10.2. The Morgan fingerprint density at radius 2 is 2.32 bits per heavy atom. The van der Waals surface area contributed by atoms with Gasteiger partial charge >= 0.3 is 5.97 Å². The van der Waals surface area contributed by atoms with Gasteiger partial charge in [0.05, 0.1) is 24.4 Å². The van der Waals surface area contributed by atoms with E-state index in [1.165, 1.54) is 12.6 Å². The molecule has 0 spiro atoms. The zero-order valence-corrected chi connectivity index (χ0v) is 10.6. The average Bonchev–Trinajstić information content (AvgIpc) is 2.89. The summed E-state index contributed by atoms with van der Waals surface area (Å²) in [5.74, 6) is 0.454. The van der Waals surface area contributed by atoms with Gasteiger partial charge in [-0.1, -0.05) is 5.16 Å². The van der Waals surface area contributed by atoms with Crippen LogP contribution in [-0.2, 0) is 11.3 Å². The first-order valence-corrected chi connectivity index (χ1v) is 5.70. The van der Waals surface area contributed by atoms with E-state index in [0.29, 0.717) is 36.2 Å². The Hall–Kier alpha value is -2.51. The first kappa shape index (κ1) is 12.9. The summed E-state index contributed by atoms with van der Waals surface area (Å²) in [7, 11) is 0. The molecule has 0 fully saturated rings. The molecule has 8 nitrogen and oxygen atoms in total. The van der Waals surface area contributed by atoms with Crippen LogP contribution in [0.3, 0.4) is 0 Å². The van der Waals surface area contributed by atoms with Crippen LogP contribution < -0.4 is 5.32 Å². The quantitative estimate of drug-likeness (QED) is 0.795. The second-order valence-corrected chi connectivity index (χ2v) is 3.61. The smallest absolute Gasteiger partial charge is 0.341 e. The fourth-order valence-electron chi connectivity index (χ4n) is 1.39. The standard InChI is InChI=1S/C11H13N5O3/c1-3-18-10(17)8-4-12-11(15-7(8)2)13-5-9-14-6-19-16-9/h4,6H,3,5H2,1-2H3,(H,12,13,15). The van der Waals surface area contributed by atoms with Crippen LogP contribution >= 0.6 is 0 Å². The summed E-state index contributed by atoms with van der Waals surface area (Å²) in [5.41, 5.74) is 0.899. The summed E-state index contributed by atoms with van der Waals surface area (Å²) < 4.78 is 9.50. The highest BCUT2D eigenvalue weighted by Crippen LogP contribution is 2.09. The second kappa shape index (κ2) is 5.89. The molecular weight excluding hydrogens is 250 g/mol. The number of carbonyl (C=O) groups excluding carboxylic acids is 1. The number of hydrogen-bond acceptors (Lipinski definition) is 8. The molecule has 0 aliphatic rings. The SMILES string of the molecule is CCOC(=O)c1cnc(NCc2ncon2)nc1C. The van der Waals surface area contributed by atoms with E-state index >= 15 is 0 Å². The van der Waals surface area contributed by atoms with Gasteiger partial charge < -0.3 is 14.6 Å². The lowest BCUT2D eigenvalue weighted by atomic mass is 10.2. The van der Waals surface area contributed by atoms with E-state index in [2.05, 4.69) is 29.9 Å². The molecule has 2 aromatic heterocycles. The van der Waals surface area contributed by atoms with Crippen molar-refractivity contribution < 1.29 is 14.1 Å². The summed E-state index contributed by atoms with van der Waals surface area (Å²) in [6.07, 6.45) is 2.67. The first-order chi connectivity index (χ1) is 9.20. The lowest BCUT2D eigenvalue weighted by Crippen LogP contribution is -2.11. The highest BCUT2D eigenvalue weighted by molar-refractivity contribution is 5.90. The van der Waals surface area contributed by atoms with Gasteiger partial charge in [-0.2, -0.15) is 4.98 Å². The Kier molecular flexibility index (Phi) is 4.01. The molecule has 0 bridgehead atoms. The molecule has 2 rings (SSSR count). The third kappa shape index (κ3) is 3.24. The molecule has 1 N–H and O–H groups in total. The highest BCUT2D eigenvalue weighted by Gasteiger charge is 2.12. The van der Waals surface area contributed by atoms with E-state index in [-0.39, 0.29) is 0 Å². The molecule has 0 aromatic carbocycles. The molecule has 0 atom stereocenters. The monoisotopic (exact) mass is 263 g/mol. The third-order valence-corrected chi connectivity index (χ3v) is 2.29. The van der Waals surface area contributed by atoms with Gasteiger partial charge in [-0.15, -0.1) is 0 Å². The fourth-order valence-corrected chi connectivity index (χ4v) is 1.39. The van der Waals surface area contributed by atoms with Crippen molar-refractivity contribution in [1.29, 1.82) is 0 Å². The number of nitrogens with zero attached hydrogens (tertiary/aromatic N) is 4. The molecule has 100 valence electrons. The number of ether oxygens (including phenoxy) is 1. The molecule has 0 aliphatic heterocycles. The summed E-state index contributed by atoms with van der Waals surface area (Å²) in [6.45, 7) is 4.12. The van der Waals surface area contributed by atoms with E-state index < -0.39 is 5.97 Å². The van der Waals surface area contributed by atoms with Gasteiger partial charge in [0.2, 0.25) is 12.3 Å². The van der Waals surface area contributed by atoms with Gasteiger partial charge in [-0.3, -0.25) is 0 Å². The van der Waals surface area contributed by atoms with Crippen LogP contribution in [0.15, 0.2) is 17.1 Å². The Labute approximate surface area is 109 Å². The number of hydrogen-bond donors (Lipinski definition) is 1. The lowest BCUT2D eigenvalue weighted by molar-refractivity contribution is 0.0524. The van der Waals surface area contributed by atoms with Crippen molar-refractivity contribution in [3.05, 3.63) is 29.7 Å². The zero-order chi connectivity index (χ0) is 13.7. The number of aromatic nitrogens is 4. The highest BCUT2D eigenvalue weighted by atomic mass is 16.5. The maximum absolute atomic E-state index is 11.6.